The van der Waals surface area contributed by atoms with Gasteiger partial charge in [-0.2, -0.15) is 0 Å². The summed E-state index contributed by atoms with van der Waals surface area (Å²) in [6.07, 6.45) is 9.64. The fourth-order valence-electron chi connectivity index (χ4n) is 2.60. The highest BCUT2D eigenvalue weighted by atomic mass is 16.7. The predicted octanol–water partition coefficient (Wildman–Crippen LogP) is 3.05. The van der Waals surface area contributed by atoms with Crippen LogP contribution in [0.3, 0.4) is 0 Å². The molecule has 18 heavy (non-hydrogen) atoms. The number of fused-ring (bicyclic) bond motifs is 1. The number of esters is 1. The van der Waals surface area contributed by atoms with Crippen LogP contribution in [0, 0.1) is 5.92 Å². The average Bonchev–Trinajstić information content (AvgIpc) is 2.93. The Balaban J connectivity index is 1.58. The molecule has 0 aromatic carbocycles. The van der Waals surface area contributed by atoms with Gasteiger partial charge >= 0.3 is 5.97 Å². The summed E-state index contributed by atoms with van der Waals surface area (Å²) in [6.45, 7) is 2.60. The largest absolute Gasteiger partial charge is 0.461 e. The van der Waals surface area contributed by atoms with Crippen molar-refractivity contribution in [2.24, 2.45) is 11.1 Å². The molecule has 2 rings (SSSR count). The second-order valence-corrected chi connectivity index (χ2v) is 5.21. The number of unbranched alkanes of at least 4 members (excludes halogenated alkanes) is 6. The number of cyclic esters (lactones) is 1. The highest BCUT2D eigenvalue weighted by Crippen LogP contribution is 2.28. The summed E-state index contributed by atoms with van der Waals surface area (Å²) in [5.41, 5.74) is 0.899. The lowest BCUT2D eigenvalue weighted by molar-refractivity contribution is -0.139. The van der Waals surface area contributed by atoms with E-state index in [0.29, 0.717) is 6.61 Å². The molecule has 0 aliphatic carbocycles. The van der Waals surface area contributed by atoms with Crippen LogP contribution in [0.4, 0.5) is 0 Å². The Hall–Kier alpha value is -1.06. The molecule has 0 bridgehead atoms. The monoisotopic (exact) mass is 253 g/mol. The minimum atomic E-state index is -0.204. The van der Waals surface area contributed by atoms with Crippen LogP contribution in [-0.4, -0.2) is 24.4 Å². The van der Waals surface area contributed by atoms with Crippen LogP contribution in [0.1, 0.15) is 58.3 Å². The minimum Gasteiger partial charge on any atom is -0.461 e. The predicted molar refractivity (Wildman–Crippen MR) is 69.4 cm³/mol. The molecule has 2 heterocycles. The van der Waals surface area contributed by atoms with Crippen LogP contribution in [0.2, 0.25) is 0 Å². The first kappa shape index (κ1) is 13.4. The zero-order chi connectivity index (χ0) is 12.8. The van der Waals surface area contributed by atoms with Crippen LogP contribution < -0.4 is 0 Å². The van der Waals surface area contributed by atoms with E-state index in [1.54, 1.807) is 0 Å². The normalized spacial score (nSPS) is 25.6. The van der Waals surface area contributed by atoms with E-state index in [-0.39, 0.29) is 18.0 Å². The molecule has 2 atom stereocenters. The van der Waals surface area contributed by atoms with Gasteiger partial charge in [0.15, 0.2) is 6.10 Å². The van der Waals surface area contributed by atoms with Crippen LogP contribution in [0.25, 0.3) is 0 Å². The number of hydrogen-bond acceptors (Lipinski definition) is 4. The van der Waals surface area contributed by atoms with Crippen molar-refractivity contribution in [3.05, 3.63) is 0 Å². The van der Waals surface area contributed by atoms with Gasteiger partial charge in [-0.25, -0.2) is 0 Å². The third kappa shape index (κ3) is 3.24. The number of ether oxygens (including phenoxy) is 1. The molecule has 4 heteroatoms. The fraction of sp³-hybridized carbons (Fsp3) is 0.857. The second kappa shape index (κ2) is 6.76. The van der Waals surface area contributed by atoms with Crippen molar-refractivity contribution in [2.45, 2.75) is 64.4 Å². The van der Waals surface area contributed by atoms with Crippen molar-refractivity contribution in [3.63, 3.8) is 0 Å². The molecule has 0 radical (unpaired) electrons. The third-order valence-corrected chi connectivity index (χ3v) is 3.72. The maximum atomic E-state index is 11.5. The van der Waals surface area contributed by atoms with Crippen LogP contribution in [0.15, 0.2) is 5.16 Å². The van der Waals surface area contributed by atoms with Crippen molar-refractivity contribution in [3.8, 4) is 0 Å². The van der Waals surface area contributed by atoms with Gasteiger partial charge < -0.3 is 9.57 Å². The van der Waals surface area contributed by atoms with Gasteiger partial charge in [-0.05, 0) is 12.8 Å². The van der Waals surface area contributed by atoms with E-state index in [9.17, 15) is 4.79 Å². The summed E-state index contributed by atoms with van der Waals surface area (Å²) in [5.74, 6) is -0.357. The lowest BCUT2D eigenvalue weighted by Gasteiger charge is -2.04. The van der Waals surface area contributed by atoms with Gasteiger partial charge in [0.1, 0.15) is 12.5 Å². The van der Waals surface area contributed by atoms with Crippen molar-refractivity contribution in [1.29, 1.82) is 0 Å². The van der Waals surface area contributed by atoms with E-state index >= 15 is 0 Å². The van der Waals surface area contributed by atoms with Crippen LogP contribution >= 0.6 is 0 Å². The molecule has 102 valence electrons. The number of rotatable bonds is 8. The molecule has 2 aliphatic heterocycles. The van der Waals surface area contributed by atoms with Gasteiger partial charge in [0.05, 0.1) is 5.71 Å². The second-order valence-electron chi connectivity index (χ2n) is 5.21. The average molecular weight is 253 g/mol. The molecule has 0 aromatic heterocycles. The molecular formula is C14H23NO3. The van der Waals surface area contributed by atoms with Crippen molar-refractivity contribution >= 4 is 11.7 Å². The number of nitrogens with zero attached hydrogens (tertiary/aromatic N) is 1. The topological polar surface area (TPSA) is 47.9 Å². The summed E-state index contributed by atoms with van der Waals surface area (Å²) in [7, 11) is 0. The zero-order valence-electron chi connectivity index (χ0n) is 11.2. The zero-order valence-corrected chi connectivity index (χ0v) is 11.2. The van der Waals surface area contributed by atoms with E-state index in [1.807, 2.05) is 0 Å². The Morgan fingerprint density at radius 3 is 2.67 bits per heavy atom. The summed E-state index contributed by atoms with van der Waals surface area (Å²) in [5, 5.41) is 4.03. The lowest BCUT2D eigenvalue weighted by atomic mass is 9.95. The molecule has 0 aromatic rings. The van der Waals surface area contributed by atoms with Gasteiger partial charge in [-0.3, -0.25) is 4.79 Å². The molecule has 0 unspecified atom stereocenters. The van der Waals surface area contributed by atoms with E-state index in [4.69, 9.17) is 9.57 Å². The highest BCUT2D eigenvalue weighted by Gasteiger charge is 2.46. The Morgan fingerprint density at radius 1 is 1.17 bits per heavy atom. The summed E-state index contributed by atoms with van der Waals surface area (Å²) < 4.78 is 4.98. The first-order valence-corrected chi connectivity index (χ1v) is 7.22. The van der Waals surface area contributed by atoms with Gasteiger partial charge in [-0.15, -0.1) is 0 Å². The molecule has 0 N–H and O–H groups in total. The Morgan fingerprint density at radius 2 is 1.89 bits per heavy atom. The van der Waals surface area contributed by atoms with Crippen molar-refractivity contribution < 1.29 is 14.4 Å². The Labute approximate surface area is 109 Å². The summed E-state index contributed by atoms with van der Waals surface area (Å²) in [6, 6.07) is 0. The quantitative estimate of drug-likeness (QED) is 0.493. The first-order chi connectivity index (χ1) is 8.83. The minimum absolute atomic E-state index is 0.142. The number of oxime groups is 1. The molecule has 1 fully saturated rings. The van der Waals surface area contributed by atoms with Gasteiger partial charge in [-0.1, -0.05) is 50.6 Å². The molecule has 0 saturated carbocycles. The van der Waals surface area contributed by atoms with E-state index < -0.39 is 0 Å². The van der Waals surface area contributed by atoms with E-state index in [0.717, 1.165) is 18.6 Å². The summed E-state index contributed by atoms with van der Waals surface area (Å²) in [4.78, 5) is 16.7. The van der Waals surface area contributed by atoms with Gasteiger partial charge in [0.25, 0.3) is 0 Å². The summed E-state index contributed by atoms with van der Waals surface area (Å²) >= 11 is 0. The number of hydrogen-bond donors (Lipinski definition) is 0. The Kier molecular flexibility index (Phi) is 5.02. The maximum absolute atomic E-state index is 11.5. The van der Waals surface area contributed by atoms with Crippen LogP contribution in [0.5, 0.6) is 0 Å². The smallest absolute Gasteiger partial charge is 0.319 e. The van der Waals surface area contributed by atoms with E-state index in [1.165, 1.54) is 38.5 Å². The SMILES string of the molecule is CCCCCCCCCC1=NO[C@H]2COC(=O)[C@@H]12. The third-order valence-electron chi connectivity index (χ3n) is 3.72. The fourth-order valence-corrected chi connectivity index (χ4v) is 2.60. The first-order valence-electron chi connectivity index (χ1n) is 7.22. The van der Waals surface area contributed by atoms with Crippen molar-refractivity contribution in [1.82, 2.24) is 0 Å². The number of carbonyl (C=O) groups excluding carboxylic acids is 1. The Bertz CT molecular complexity index is 314. The van der Waals surface area contributed by atoms with Gasteiger partial charge in [0.2, 0.25) is 0 Å². The molecule has 1 saturated heterocycles. The van der Waals surface area contributed by atoms with Crippen LogP contribution in [-0.2, 0) is 14.4 Å². The molecule has 2 aliphatic rings. The maximum Gasteiger partial charge on any atom is 0.319 e. The standard InChI is InChI=1S/C14H23NO3/c1-2-3-4-5-6-7-8-9-11-13-12(18-15-11)10-17-14(13)16/h12-13H,2-10H2,1H3/t12-,13-/m0/s1. The molecule has 0 spiro atoms. The molecule has 0 amide bonds. The molecule has 4 nitrogen and oxygen atoms in total. The van der Waals surface area contributed by atoms with Crippen molar-refractivity contribution in [2.75, 3.05) is 6.61 Å². The van der Waals surface area contributed by atoms with Gasteiger partial charge in [0, 0.05) is 0 Å². The highest BCUT2D eigenvalue weighted by molar-refractivity contribution is 6.04. The van der Waals surface area contributed by atoms with E-state index in [2.05, 4.69) is 12.1 Å². The number of carbonyl (C=O) groups is 1. The molecular weight excluding hydrogens is 230 g/mol. The lowest BCUT2D eigenvalue weighted by Crippen LogP contribution is -2.24.